The predicted octanol–water partition coefficient (Wildman–Crippen LogP) is 3.96. The first-order valence-electron chi connectivity index (χ1n) is 6.96. The third-order valence-corrected chi connectivity index (χ3v) is 3.73. The molecule has 0 fully saturated rings. The van der Waals surface area contributed by atoms with Gasteiger partial charge in [0.1, 0.15) is 11.5 Å². The molecule has 0 amide bonds. The number of furan rings is 1. The molecule has 2 heteroatoms. The zero-order valence-corrected chi connectivity index (χ0v) is 12.3. The van der Waals surface area contributed by atoms with Crippen LogP contribution in [0.1, 0.15) is 41.2 Å². The van der Waals surface area contributed by atoms with Gasteiger partial charge in [0.25, 0.3) is 0 Å². The molecular weight excluding hydrogens is 234 g/mol. The quantitative estimate of drug-likeness (QED) is 0.877. The first-order chi connectivity index (χ1) is 9.13. The van der Waals surface area contributed by atoms with E-state index in [4.69, 9.17) is 4.42 Å². The van der Waals surface area contributed by atoms with Gasteiger partial charge in [-0.25, -0.2) is 0 Å². The molecule has 0 saturated carbocycles. The Kier molecular flexibility index (Phi) is 4.43. The first-order valence-corrected chi connectivity index (χ1v) is 6.96. The highest BCUT2D eigenvalue weighted by Gasteiger charge is 2.14. The Morgan fingerprint density at radius 1 is 1.11 bits per heavy atom. The molecule has 1 unspecified atom stereocenters. The van der Waals surface area contributed by atoms with Crippen LogP contribution in [-0.4, -0.2) is 7.05 Å². The monoisotopic (exact) mass is 257 g/mol. The maximum Gasteiger partial charge on any atom is 0.121 e. The summed E-state index contributed by atoms with van der Waals surface area (Å²) < 4.78 is 5.85. The van der Waals surface area contributed by atoms with Gasteiger partial charge in [-0.3, -0.25) is 0 Å². The Morgan fingerprint density at radius 3 is 2.47 bits per heavy atom. The summed E-state index contributed by atoms with van der Waals surface area (Å²) in [4.78, 5) is 0. The molecule has 0 bridgehead atoms. The molecular formula is C17H23NO. The fourth-order valence-electron chi connectivity index (χ4n) is 2.28. The number of likely N-dealkylation sites (N-methyl/N-ethyl adjacent to an activating group) is 1. The van der Waals surface area contributed by atoms with E-state index < -0.39 is 0 Å². The van der Waals surface area contributed by atoms with Crippen LogP contribution < -0.4 is 5.32 Å². The summed E-state index contributed by atoms with van der Waals surface area (Å²) >= 11 is 0. The summed E-state index contributed by atoms with van der Waals surface area (Å²) in [6.45, 7) is 6.42. The minimum Gasteiger partial charge on any atom is -0.464 e. The van der Waals surface area contributed by atoms with Crippen LogP contribution in [-0.2, 0) is 12.8 Å². The van der Waals surface area contributed by atoms with Crippen LogP contribution in [0.15, 0.2) is 34.7 Å². The van der Waals surface area contributed by atoms with E-state index >= 15 is 0 Å². The van der Waals surface area contributed by atoms with Crippen molar-refractivity contribution in [2.75, 3.05) is 7.05 Å². The van der Waals surface area contributed by atoms with Gasteiger partial charge in [0.15, 0.2) is 0 Å². The molecule has 1 heterocycles. The lowest BCUT2D eigenvalue weighted by Crippen LogP contribution is -2.18. The van der Waals surface area contributed by atoms with Crippen molar-refractivity contribution in [3.63, 3.8) is 0 Å². The molecule has 1 aromatic heterocycles. The topological polar surface area (TPSA) is 25.2 Å². The van der Waals surface area contributed by atoms with Crippen molar-refractivity contribution in [3.8, 4) is 0 Å². The van der Waals surface area contributed by atoms with E-state index in [0.29, 0.717) is 0 Å². The SMILES string of the molecule is CCc1ccc(C(Cc2ccc(C)c(C)c2)NC)o1. The summed E-state index contributed by atoms with van der Waals surface area (Å²) in [5.41, 5.74) is 4.04. The van der Waals surface area contributed by atoms with Crippen molar-refractivity contribution in [1.82, 2.24) is 5.32 Å². The maximum atomic E-state index is 5.85. The Balaban J connectivity index is 2.16. The van der Waals surface area contributed by atoms with E-state index in [0.717, 1.165) is 24.4 Å². The van der Waals surface area contributed by atoms with E-state index in [-0.39, 0.29) is 6.04 Å². The van der Waals surface area contributed by atoms with Gasteiger partial charge in [0.2, 0.25) is 0 Å². The average molecular weight is 257 g/mol. The van der Waals surface area contributed by atoms with E-state index in [2.05, 4.69) is 56.4 Å². The molecule has 2 nitrogen and oxygen atoms in total. The van der Waals surface area contributed by atoms with E-state index in [1.807, 2.05) is 7.05 Å². The largest absolute Gasteiger partial charge is 0.464 e. The molecule has 0 saturated heterocycles. The molecule has 2 aromatic rings. The minimum atomic E-state index is 0.238. The smallest absolute Gasteiger partial charge is 0.121 e. The summed E-state index contributed by atoms with van der Waals surface area (Å²) in [6, 6.07) is 11.1. The standard InChI is InChI=1S/C17H23NO/c1-5-15-8-9-17(19-15)16(18-4)11-14-7-6-12(2)13(3)10-14/h6-10,16,18H,5,11H2,1-4H3. The lowest BCUT2D eigenvalue weighted by atomic mass is 10.00. The fourth-order valence-corrected chi connectivity index (χ4v) is 2.28. The normalized spacial score (nSPS) is 12.6. The van der Waals surface area contributed by atoms with Gasteiger partial charge in [-0.05, 0) is 56.1 Å². The molecule has 0 spiro atoms. The van der Waals surface area contributed by atoms with Crippen LogP contribution in [0.5, 0.6) is 0 Å². The highest BCUT2D eigenvalue weighted by atomic mass is 16.3. The van der Waals surface area contributed by atoms with Crippen molar-refractivity contribution in [1.29, 1.82) is 0 Å². The van der Waals surface area contributed by atoms with Gasteiger partial charge in [-0.1, -0.05) is 25.1 Å². The number of hydrogen-bond acceptors (Lipinski definition) is 2. The molecule has 0 aliphatic rings. The molecule has 19 heavy (non-hydrogen) atoms. The van der Waals surface area contributed by atoms with Gasteiger partial charge in [0.05, 0.1) is 6.04 Å². The number of aryl methyl sites for hydroxylation is 3. The van der Waals surface area contributed by atoms with E-state index in [9.17, 15) is 0 Å². The summed E-state index contributed by atoms with van der Waals surface area (Å²) in [5, 5.41) is 3.34. The number of nitrogens with one attached hydrogen (secondary N) is 1. The fraction of sp³-hybridized carbons (Fsp3) is 0.412. The van der Waals surface area contributed by atoms with Crippen molar-refractivity contribution < 1.29 is 4.42 Å². The van der Waals surface area contributed by atoms with Gasteiger partial charge >= 0.3 is 0 Å². The Morgan fingerprint density at radius 2 is 1.89 bits per heavy atom. The molecule has 2 rings (SSSR count). The van der Waals surface area contributed by atoms with Crippen molar-refractivity contribution in [2.24, 2.45) is 0 Å². The van der Waals surface area contributed by atoms with Gasteiger partial charge in [-0.2, -0.15) is 0 Å². The van der Waals surface area contributed by atoms with Gasteiger partial charge in [0, 0.05) is 6.42 Å². The number of rotatable bonds is 5. The predicted molar refractivity (Wildman–Crippen MR) is 79.5 cm³/mol. The Hall–Kier alpha value is -1.54. The second kappa shape index (κ2) is 6.07. The second-order valence-electron chi connectivity index (χ2n) is 5.12. The Labute approximate surface area is 115 Å². The van der Waals surface area contributed by atoms with Crippen LogP contribution in [0.3, 0.4) is 0 Å². The third kappa shape index (κ3) is 3.27. The molecule has 1 N–H and O–H groups in total. The number of benzene rings is 1. The minimum absolute atomic E-state index is 0.238. The zero-order chi connectivity index (χ0) is 13.8. The molecule has 0 aliphatic carbocycles. The Bertz CT molecular complexity index is 542. The van der Waals surface area contributed by atoms with Crippen molar-refractivity contribution >= 4 is 0 Å². The second-order valence-corrected chi connectivity index (χ2v) is 5.12. The lowest BCUT2D eigenvalue weighted by Gasteiger charge is -2.14. The van der Waals surface area contributed by atoms with Gasteiger partial charge in [-0.15, -0.1) is 0 Å². The molecule has 102 valence electrons. The molecule has 0 radical (unpaired) electrons. The number of hydrogen-bond donors (Lipinski definition) is 1. The van der Waals surface area contributed by atoms with Crippen LogP contribution in [0, 0.1) is 13.8 Å². The van der Waals surface area contributed by atoms with E-state index in [1.54, 1.807) is 0 Å². The van der Waals surface area contributed by atoms with Crippen LogP contribution in [0.4, 0.5) is 0 Å². The summed E-state index contributed by atoms with van der Waals surface area (Å²) in [5.74, 6) is 2.08. The zero-order valence-electron chi connectivity index (χ0n) is 12.3. The van der Waals surface area contributed by atoms with Crippen LogP contribution in [0.2, 0.25) is 0 Å². The summed E-state index contributed by atoms with van der Waals surface area (Å²) in [6.07, 6.45) is 1.90. The first kappa shape index (κ1) is 13.9. The average Bonchev–Trinajstić information content (AvgIpc) is 2.88. The maximum absolute atomic E-state index is 5.85. The van der Waals surface area contributed by atoms with Crippen molar-refractivity contribution in [3.05, 3.63) is 58.5 Å². The molecule has 0 aliphatic heterocycles. The highest BCUT2D eigenvalue weighted by molar-refractivity contribution is 5.31. The van der Waals surface area contributed by atoms with E-state index in [1.165, 1.54) is 16.7 Å². The lowest BCUT2D eigenvalue weighted by molar-refractivity contribution is 0.407. The molecule has 1 atom stereocenters. The highest BCUT2D eigenvalue weighted by Crippen LogP contribution is 2.22. The third-order valence-electron chi connectivity index (χ3n) is 3.73. The van der Waals surface area contributed by atoms with Crippen LogP contribution in [0.25, 0.3) is 0 Å². The van der Waals surface area contributed by atoms with Crippen LogP contribution >= 0.6 is 0 Å². The summed E-state index contributed by atoms with van der Waals surface area (Å²) in [7, 11) is 1.99. The van der Waals surface area contributed by atoms with Gasteiger partial charge < -0.3 is 9.73 Å². The van der Waals surface area contributed by atoms with Crippen molar-refractivity contribution in [2.45, 2.75) is 39.7 Å². The molecule has 1 aromatic carbocycles.